The van der Waals surface area contributed by atoms with Crippen LogP contribution in [0.5, 0.6) is 0 Å². The van der Waals surface area contributed by atoms with E-state index >= 15 is 0 Å². The number of aliphatic carboxylic acids is 1. The normalized spacial score (nSPS) is 32.9. The Morgan fingerprint density at radius 1 is 1.03 bits per heavy atom. The van der Waals surface area contributed by atoms with Crippen molar-refractivity contribution < 1.29 is 48.7 Å². The summed E-state index contributed by atoms with van der Waals surface area (Å²) in [6, 6.07) is 0. The van der Waals surface area contributed by atoms with Crippen LogP contribution >= 0.6 is 0 Å². The maximum atomic E-state index is 12.7. The minimum absolute atomic E-state index is 0.0153. The number of aliphatic hydroxyl groups is 2. The SMILES string of the molecule is CCCC[C@@H]1C[C@@H]2C(C(=O)OC)=C(O)[C@H](C(=O)OC)[C@@](O)([C@@H]1C(=O)OC)[C@H]2C(=O)O. The first-order chi connectivity index (χ1) is 14.1. The topological polar surface area (TPSA) is 157 Å². The molecule has 2 rings (SSSR count). The molecule has 30 heavy (non-hydrogen) atoms. The number of carboxylic acid groups (broad SMARTS) is 1. The quantitative estimate of drug-likeness (QED) is 0.392. The fraction of sp³-hybridized carbons (Fsp3) is 0.700. The molecule has 3 N–H and O–H groups in total. The second-order valence-electron chi connectivity index (χ2n) is 7.70. The first-order valence-electron chi connectivity index (χ1n) is 9.73. The van der Waals surface area contributed by atoms with E-state index in [-0.39, 0.29) is 6.42 Å². The van der Waals surface area contributed by atoms with E-state index in [2.05, 4.69) is 0 Å². The van der Waals surface area contributed by atoms with E-state index in [0.29, 0.717) is 12.8 Å². The molecule has 168 valence electrons. The van der Waals surface area contributed by atoms with E-state index in [1.165, 1.54) is 0 Å². The first kappa shape index (κ1) is 23.7. The van der Waals surface area contributed by atoms with Gasteiger partial charge in [0.05, 0.1) is 38.7 Å². The summed E-state index contributed by atoms with van der Waals surface area (Å²) in [5, 5.41) is 32.5. The average Bonchev–Trinajstić information content (AvgIpc) is 2.70. The lowest BCUT2D eigenvalue weighted by molar-refractivity contribution is -0.212. The third kappa shape index (κ3) is 3.53. The highest BCUT2D eigenvalue weighted by molar-refractivity contribution is 5.95. The summed E-state index contributed by atoms with van der Waals surface area (Å²) in [7, 11) is 3.14. The standard InChI is InChI=1S/C20H28O10/c1-5-6-7-9-8-10-11(17(24)28-2)15(21)14(19(26)30-4)20(27,13(10)16(22)23)12(9)18(25)29-3/h9-10,12-14,21,27H,5-8H2,1-4H3,(H,22,23)/t9-,10-,12+,13-,14-,20-/m1/s1. The van der Waals surface area contributed by atoms with Crippen LogP contribution in [0.25, 0.3) is 0 Å². The van der Waals surface area contributed by atoms with Crippen molar-refractivity contribution >= 4 is 23.9 Å². The van der Waals surface area contributed by atoms with Gasteiger partial charge in [0.15, 0.2) is 0 Å². The van der Waals surface area contributed by atoms with Crippen LogP contribution < -0.4 is 0 Å². The van der Waals surface area contributed by atoms with Gasteiger partial charge in [-0.1, -0.05) is 19.8 Å². The molecule has 2 aliphatic carbocycles. The number of carbonyl (C=O) groups is 4. The second kappa shape index (κ2) is 9.03. The molecule has 0 amide bonds. The van der Waals surface area contributed by atoms with Crippen molar-refractivity contribution in [3.05, 3.63) is 11.3 Å². The van der Waals surface area contributed by atoms with E-state index in [9.17, 15) is 34.5 Å². The first-order valence-corrected chi connectivity index (χ1v) is 9.73. The van der Waals surface area contributed by atoms with Crippen molar-refractivity contribution in [3.8, 4) is 0 Å². The van der Waals surface area contributed by atoms with Crippen molar-refractivity contribution in [3.63, 3.8) is 0 Å². The number of methoxy groups -OCH3 is 3. The van der Waals surface area contributed by atoms with Crippen molar-refractivity contribution in [2.45, 2.75) is 38.2 Å². The number of fused-ring (bicyclic) bond motifs is 2. The van der Waals surface area contributed by atoms with E-state index in [0.717, 1.165) is 27.8 Å². The maximum Gasteiger partial charge on any atom is 0.337 e. The average molecular weight is 428 g/mol. The highest BCUT2D eigenvalue weighted by atomic mass is 16.5. The van der Waals surface area contributed by atoms with Gasteiger partial charge >= 0.3 is 23.9 Å². The number of hydrogen-bond acceptors (Lipinski definition) is 9. The van der Waals surface area contributed by atoms with Crippen LogP contribution in [-0.2, 0) is 33.4 Å². The molecule has 0 heterocycles. The minimum atomic E-state index is -2.56. The van der Waals surface area contributed by atoms with E-state index < -0.39 is 70.4 Å². The predicted molar refractivity (Wildman–Crippen MR) is 99.9 cm³/mol. The third-order valence-electron chi connectivity index (χ3n) is 6.30. The molecule has 0 aromatic heterocycles. The Kier molecular flexibility index (Phi) is 7.12. The van der Waals surface area contributed by atoms with Gasteiger partial charge in [-0.3, -0.25) is 14.4 Å². The number of unbranched alkanes of at least 4 members (excludes halogenated alkanes) is 1. The van der Waals surface area contributed by atoms with Gasteiger partial charge in [-0.15, -0.1) is 0 Å². The van der Waals surface area contributed by atoms with Crippen LogP contribution in [0.1, 0.15) is 32.6 Å². The van der Waals surface area contributed by atoms with Gasteiger partial charge in [-0.2, -0.15) is 0 Å². The molecule has 10 nitrogen and oxygen atoms in total. The van der Waals surface area contributed by atoms with Crippen molar-refractivity contribution in [2.24, 2.45) is 29.6 Å². The Labute approximate surface area is 173 Å². The van der Waals surface area contributed by atoms with Crippen LogP contribution in [-0.4, -0.2) is 66.1 Å². The molecule has 0 radical (unpaired) electrons. The molecule has 10 heteroatoms. The van der Waals surface area contributed by atoms with E-state index in [4.69, 9.17) is 14.2 Å². The number of ether oxygens (including phenoxy) is 3. The summed E-state index contributed by atoms with van der Waals surface area (Å²) in [6.07, 6.45) is 1.86. The summed E-state index contributed by atoms with van der Waals surface area (Å²) >= 11 is 0. The van der Waals surface area contributed by atoms with Crippen molar-refractivity contribution in [1.29, 1.82) is 0 Å². The summed E-state index contributed by atoms with van der Waals surface area (Å²) in [4.78, 5) is 50.0. The predicted octanol–water partition coefficient (Wildman–Crippen LogP) is 0.822. The molecule has 0 aromatic carbocycles. The van der Waals surface area contributed by atoms with Gasteiger partial charge in [0, 0.05) is 5.92 Å². The number of rotatable bonds is 7. The van der Waals surface area contributed by atoms with Crippen LogP contribution in [0.4, 0.5) is 0 Å². The fourth-order valence-electron chi connectivity index (χ4n) is 5.11. The lowest BCUT2D eigenvalue weighted by Crippen LogP contribution is -2.68. The molecule has 1 fully saturated rings. The van der Waals surface area contributed by atoms with Crippen LogP contribution in [0.15, 0.2) is 11.3 Å². The molecule has 0 spiro atoms. The molecule has 0 aromatic rings. The summed E-state index contributed by atoms with van der Waals surface area (Å²) in [6.45, 7) is 1.93. The zero-order valence-electron chi connectivity index (χ0n) is 17.4. The number of esters is 3. The molecule has 2 aliphatic rings. The molecular formula is C20H28O10. The second-order valence-corrected chi connectivity index (χ2v) is 7.70. The van der Waals surface area contributed by atoms with Crippen molar-refractivity contribution in [2.75, 3.05) is 21.3 Å². The van der Waals surface area contributed by atoms with Gasteiger partial charge in [-0.25, -0.2) is 4.79 Å². The lowest BCUT2D eigenvalue weighted by Gasteiger charge is -2.55. The molecule has 0 aliphatic heterocycles. The number of carboxylic acids is 1. The molecule has 0 unspecified atom stereocenters. The van der Waals surface area contributed by atoms with Gasteiger partial charge in [-0.05, 0) is 18.8 Å². The Hall–Kier alpha value is -2.62. The zero-order valence-corrected chi connectivity index (χ0v) is 17.4. The maximum absolute atomic E-state index is 12.7. The minimum Gasteiger partial charge on any atom is -0.511 e. The fourth-order valence-corrected chi connectivity index (χ4v) is 5.11. The zero-order chi connectivity index (χ0) is 22.8. The van der Waals surface area contributed by atoms with Gasteiger partial charge in [0.1, 0.15) is 17.3 Å². The third-order valence-corrected chi connectivity index (χ3v) is 6.30. The van der Waals surface area contributed by atoms with E-state index in [1.54, 1.807) is 0 Å². The van der Waals surface area contributed by atoms with Crippen LogP contribution in [0.3, 0.4) is 0 Å². The summed E-state index contributed by atoms with van der Waals surface area (Å²) in [5.41, 5.74) is -2.95. The van der Waals surface area contributed by atoms with Crippen LogP contribution in [0.2, 0.25) is 0 Å². The molecular weight excluding hydrogens is 400 g/mol. The molecule has 2 bridgehead atoms. The van der Waals surface area contributed by atoms with Crippen LogP contribution in [0, 0.1) is 29.6 Å². The van der Waals surface area contributed by atoms with Crippen molar-refractivity contribution in [1.82, 2.24) is 0 Å². The Balaban J connectivity index is 2.86. The highest BCUT2D eigenvalue weighted by Gasteiger charge is 2.70. The van der Waals surface area contributed by atoms with Gasteiger partial charge in [0.25, 0.3) is 0 Å². The van der Waals surface area contributed by atoms with Gasteiger partial charge in [0.2, 0.25) is 0 Å². The highest BCUT2D eigenvalue weighted by Crippen LogP contribution is 2.58. The van der Waals surface area contributed by atoms with Gasteiger partial charge < -0.3 is 29.5 Å². The lowest BCUT2D eigenvalue weighted by atomic mass is 9.49. The Morgan fingerprint density at radius 3 is 2.10 bits per heavy atom. The Bertz CT molecular complexity index is 757. The monoisotopic (exact) mass is 428 g/mol. The number of hydrogen-bond donors (Lipinski definition) is 3. The number of carbonyl (C=O) groups excluding carboxylic acids is 3. The smallest absolute Gasteiger partial charge is 0.337 e. The summed E-state index contributed by atoms with van der Waals surface area (Å²) in [5.74, 6) is -12.3. The molecule has 1 saturated carbocycles. The molecule has 0 saturated heterocycles. The summed E-state index contributed by atoms with van der Waals surface area (Å²) < 4.78 is 14.2. The molecule has 6 atom stereocenters. The number of aliphatic hydroxyl groups excluding tert-OH is 1. The Morgan fingerprint density at radius 2 is 1.63 bits per heavy atom. The largest absolute Gasteiger partial charge is 0.511 e. The van der Waals surface area contributed by atoms with E-state index in [1.807, 2.05) is 6.92 Å².